The van der Waals surface area contributed by atoms with E-state index < -0.39 is 11.9 Å². The van der Waals surface area contributed by atoms with Gasteiger partial charge < -0.3 is 15.9 Å². The molecule has 0 aromatic rings. The fourth-order valence-electron chi connectivity index (χ4n) is 0. The van der Waals surface area contributed by atoms with Crippen molar-refractivity contribution in [2.45, 2.75) is 0 Å². The smallest absolute Gasteiger partial charge is 1.00 e. The molecule has 0 fully saturated rings. The minimum Gasteiger partial charge on any atom is -1.00 e. The zero-order valence-electron chi connectivity index (χ0n) is 10.7. The summed E-state index contributed by atoms with van der Waals surface area (Å²) in [6, 6.07) is 0. The fraction of sp³-hybridized carbons (Fsp3) is 0. The molecule has 0 rings (SSSR count). The SMILES string of the molecule is O=C(O)C(=O)O.[H-].[H-].[H-].[H-].[K+].[K+].[K+].[K+]. The van der Waals surface area contributed by atoms with Gasteiger partial charge in [0.25, 0.3) is 0 Å². The molecular weight excluding hydrogens is 244 g/mol. The van der Waals surface area contributed by atoms with Crippen LogP contribution in [0.15, 0.2) is 0 Å². The predicted octanol–water partition coefficient (Wildman–Crippen LogP) is -12.4. The maximum atomic E-state index is 9.10. The molecule has 0 heterocycles. The van der Waals surface area contributed by atoms with Gasteiger partial charge in [0, 0.05) is 0 Å². The summed E-state index contributed by atoms with van der Waals surface area (Å²) in [6.07, 6.45) is 0. The molecule has 0 saturated heterocycles. The van der Waals surface area contributed by atoms with Crippen molar-refractivity contribution in [2.75, 3.05) is 0 Å². The Morgan fingerprint density at radius 2 is 0.900 bits per heavy atom. The zero-order valence-corrected chi connectivity index (χ0v) is 19.2. The van der Waals surface area contributed by atoms with Crippen LogP contribution in [0.25, 0.3) is 0 Å². The van der Waals surface area contributed by atoms with Crippen molar-refractivity contribution in [2.24, 2.45) is 0 Å². The van der Waals surface area contributed by atoms with Gasteiger partial charge in [-0.25, -0.2) is 9.59 Å². The molecule has 0 bridgehead atoms. The molecule has 0 aliphatic heterocycles. The summed E-state index contributed by atoms with van der Waals surface area (Å²) >= 11 is 0. The van der Waals surface area contributed by atoms with E-state index in [0.29, 0.717) is 0 Å². The van der Waals surface area contributed by atoms with Crippen LogP contribution in [0, 0.1) is 0 Å². The van der Waals surface area contributed by atoms with Gasteiger partial charge in [-0.2, -0.15) is 0 Å². The molecule has 42 valence electrons. The normalized spacial score (nSPS) is 4.40. The molecule has 0 atom stereocenters. The summed E-state index contributed by atoms with van der Waals surface area (Å²) in [5, 5.41) is 14.8. The molecule has 0 aliphatic carbocycles. The van der Waals surface area contributed by atoms with Crippen molar-refractivity contribution < 1.29 is 231 Å². The third-order valence-corrected chi connectivity index (χ3v) is 0.183. The van der Waals surface area contributed by atoms with Crippen molar-refractivity contribution in [3.8, 4) is 0 Å². The number of carbonyl (C=O) groups is 2. The van der Waals surface area contributed by atoms with Crippen LogP contribution in [0.5, 0.6) is 0 Å². The average Bonchev–Trinajstić information content (AvgIpc) is 1.36. The third-order valence-electron chi connectivity index (χ3n) is 0.183. The van der Waals surface area contributed by atoms with Gasteiger partial charge in [0.15, 0.2) is 0 Å². The molecule has 4 nitrogen and oxygen atoms in total. The summed E-state index contributed by atoms with van der Waals surface area (Å²) in [5.41, 5.74) is 0. The first-order valence-corrected chi connectivity index (χ1v) is 1.11. The molecule has 0 amide bonds. The van der Waals surface area contributed by atoms with E-state index >= 15 is 0 Å². The summed E-state index contributed by atoms with van der Waals surface area (Å²) in [7, 11) is 0. The predicted molar refractivity (Wildman–Crippen MR) is 19.7 cm³/mol. The number of carboxylic acids is 2. The Morgan fingerprint density at radius 3 is 0.900 bits per heavy atom. The van der Waals surface area contributed by atoms with Crippen LogP contribution in [-0.4, -0.2) is 22.2 Å². The second-order valence-corrected chi connectivity index (χ2v) is 0.610. The van der Waals surface area contributed by atoms with Crippen LogP contribution in [-0.2, 0) is 9.59 Å². The standard InChI is InChI=1S/C2H2O4.4K.4H/c3-1(4)2(5)6;;;;;;;;/h(H,3,4)(H,5,6);;;;;;;;/q;4*+1;4*-1. The summed E-state index contributed by atoms with van der Waals surface area (Å²) in [6.45, 7) is 0. The van der Waals surface area contributed by atoms with Crippen LogP contribution in [0.2, 0.25) is 0 Å². The molecule has 2 N–H and O–H groups in total. The van der Waals surface area contributed by atoms with Gasteiger partial charge >= 0.3 is 217 Å². The summed E-state index contributed by atoms with van der Waals surface area (Å²) < 4.78 is 0. The number of rotatable bonds is 0. The monoisotopic (exact) mass is 250 g/mol. The minimum atomic E-state index is -1.82. The van der Waals surface area contributed by atoms with E-state index in [1.165, 1.54) is 0 Å². The van der Waals surface area contributed by atoms with Gasteiger partial charge in [-0.05, 0) is 0 Å². The maximum absolute atomic E-state index is 9.10. The molecule has 0 spiro atoms. The topological polar surface area (TPSA) is 74.6 Å². The van der Waals surface area contributed by atoms with Gasteiger partial charge in [-0.15, -0.1) is 0 Å². The Labute approximate surface area is 235 Å². The number of hydrogen-bond acceptors (Lipinski definition) is 2. The van der Waals surface area contributed by atoms with Gasteiger partial charge in [-0.3, -0.25) is 0 Å². The Balaban J connectivity index is -0.00000000446. The van der Waals surface area contributed by atoms with Gasteiger partial charge in [-0.1, -0.05) is 0 Å². The van der Waals surface area contributed by atoms with Crippen LogP contribution in [0.1, 0.15) is 5.71 Å². The number of hydrogen-bond donors (Lipinski definition) is 2. The van der Waals surface area contributed by atoms with Crippen LogP contribution in [0.3, 0.4) is 0 Å². The molecule has 0 aliphatic rings. The van der Waals surface area contributed by atoms with Crippen molar-refractivity contribution in [1.29, 1.82) is 0 Å². The minimum absolute atomic E-state index is 0. The van der Waals surface area contributed by atoms with Crippen molar-refractivity contribution in [3.05, 3.63) is 0 Å². The first-order valence-electron chi connectivity index (χ1n) is 1.11. The average molecular weight is 250 g/mol. The van der Waals surface area contributed by atoms with Crippen molar-refractivity contribution >= 4 is 11.9 Å². The van der Waals surface area contributed by atoms with Gasteiger partial charge in [0.05, 0.1) is 0 Å². The van der Waals surface area contributed by atoms with Crippen molar-refractivity contribution in [1.82, 2.24) is 0 Å². The van der Waals surface area contributed by atoms with Gasteiger partial charge in [0.1, 0.15) is 0 Å². The summed E-state index contributed by atoms with van der Waals surface area (Å²) in [5.74, 6) is -3.65. The first-order chi connectivity index (χ1) is 2.64. The van der Waals surface area contributed by atoms with Crippen LogP contribution in [0.4, 0.5) is 0 Å². The quantitative estimate of drug-likeness (QED) is 0.331. The third kappa shape index (κ3) is 23.4. The molecule has 8 heteroatoms. The van der Waals surface area contributed by atoms with E-state index in [4.69, 9.17) is 19.8 Å². The Morgan fingerprint density at radius 1 is 0.800 bits per heavy atom. The van der Waals surface area contributed by atoms with E-state index in [-0.39, 0.29) is 211 Å². The largest absolute Gasteiger partial charge is 1.00 e. The van der Waals surface area contributed by atoms with E-state index in [0.717, 1.165) is 0 Å². The second-order valence-electron chi connectivity index (χ2n) is 0.610. The van der Waals surface area contributed by atoms with E-state index in [2.05, 4.69) is 0 Å². The molecular formula is C2H6K4O4. The summed E-state index contributed by atoms with van der Waals surface area (Å²) in [4.78, 5) is 18.2. The van der Waals surface area contributed by atoms with E-state index in [1.54, 1.807) is 0 Å². The number of carboxylic acid groups (broad SMARTS) is 2. The molecule has 0 radical (unpaired) electrons. The zero-order chi connectivity index (χ0) is 5.15. The second kappa shape index (κ2) is 20.0. The molecule has 0 aromatic carbocycles. The maximum Gasteiger partial charge on any atom is 1.00 e. The molecule has 0 aromatic heterocycles. The number of aliphatic carboxylic acids is 2. The van der Waals surface area contributed by atoms with Crippen molar-refractivity contribution in [3.63, 3.8) is 0 Å². The molecule has 0 unspecified atom stereocenters. The van der Waals surface area contributed by atoms with Crippen LogP contribution < -0.4 is 206 Å². The molecule has 10 heavy (non-hydrogen) atoms. The van der Waals surface area contributed by atoms with Gasteiger partial charge in [0.2, 0.25) is 0 Å². The molecule has 0 saturated carbocycles. The fourth-order valence-corrected chi connectivity index (χ4v) is 0. The van der Waals surface area contributed by atoms with Crippen LogP contribution >= 0.6 is 0 Å². The Bertz CT molecular complexity index is 93.3. The first kappa shape index (κ1) is 29.6. The van der Waals surface area contributed by atoms with E-state index in [9.17, 15) is 0 Å². The Hall–Kier alpha value is 5.49. The van der Waals surface area contributed by atoms with E-state index in [1.807, 2.05) is 0 Å². The Kier molecular flexibility index (Phi) is 59.0.